The number of β-lactam (4-membered cyclic amide) rings is 1. The molecule has 1 unspecified atom stereocenters. The summed E-state index contributed by atoms with van der Waals surface area (Å²) in [4.78, 5) is 14.2. The summed E-state index contributed by atoms with van der Waals surface area (Å²) >= 11 is 3.72. The van der Waals surface area contributed by atoms with Crippen LogP contribution in [0.1, 0.15) is 33.3 Å². The third-order valence-corrected chi connectivity index (χ3v) is 4.09. The van der Waals surface area contributed by atoms with Gasteiger partial charge < -0.3 is 4.90 Å². The maximum absolute atomic E-state index is 12.2. The second kappa shape index (κ2) is 4.37. The van der Waals surface area contributed by atoms with Gasteiger partial charge in [-0.1, -0.05) is 46.3 Å². The highest BCUT2D eigenvalue weighted by Crippen LogP contribution is 2.47. The normalized spacial score (nSPS) is 22.8. The van der Waals surface area contributed by atoms with Crippen molar-refractivity contribution in [2.45, 2.75) is 44.6 Å². The Morgan fingerprint density at radius 2 is 1.83 bits per heavy atom. The lowest BCUT2D eigenvalue weighted by Gasteiger charge is -2.57. The van der Waals surface area contributed by atoms with E-state index in [-0.39, 0.29) is 21.7 Å². The lowest BCUT2D eigenvalue weighted by atomic mass is 9.69. The van der Waals surface area contributed by atoms with Crippen LogP contribution in [0.4, 0.5) is 0 Å². The molecular weight excluding hydrogens is 290 g/mol. The Kier molecular flexibility index (Phi) is 3.30. The van der Waals surface area contributed by atoms with Crippen LogP contribution in [0.25, 0.3) is 0 Å². The van der Waals surface area contributed by atoms with Crippen molar-refractivity contribution in [3.63, 3.8) is 0 Å². The van der Waals surface area contributed by atoms with Gasteiger partial charge in [-0.15, -0.1) is 0 Å². The van der Waals surface area contributed by atoms with E-state index < -0.39 is 0 Å². The second-order valence-electron chi connectivity index (χ2n) is 6.11. The summed E-state index contributed by atoms with van der Waals surface area (Å²) in [6, 6.07) is 10.4. The molecule has 0 saturated carbocycles. The van der Waals surface area contributed by atoms with Gasteiger partial charge >= 0.3 is 0 Å². The van der Waals surface area contributed by atoms with Crippen LogP contribution in [0, 0.1) is 5.41 Å². The number of nitrogens with zero attached hydrogens (tertiary/aromatic N) is 1. The van der Waals surface area contributed by atoms with Gasteiger partial charge in [-0.3, -0.25) is 4.79 Å². The molecule has 1 aromatic carbocycles. The molecule has 0 aromatic heterocycles. The Balaban J connectivity index is 2.21. The van der Waals surface area contributed by atoms with E-state index in [1.807, 2.05) is 36.9 Å². The highest BCUT2D eigenvalue weighted by Gasteiger charge is 2.58. The lowest BCUT2D eigenvalue weighted by Crippen LogP contribution is -2.71. The zero-order chi connectivity index (χ0) is 13.6. The van der Waals surface area contributed by atoms with Gasteiger partial charge in [-0.05, 0) is 33.3 Å². The molecule has 1 saturated heterocycles. The van der Waals surface area contributed by atoms with E-state index in [4.69, 9.17) is 0 Å². The molecule has 1 amide bonds. The van der Waals surface area contributed by atoms with Gasteiger partial charge in [0.25, 0.3) is 0 Å². The van der Waals surface area contributed by atoms with Gasteiger partial charge in [0.05, 0.1) is 11.5 Å². The van der Waals surface area contributed by atoms with Gasteiger partial charge in [-0.2, -0.15) is 0 Å². The predicted molar refractivity (Wildman–Crippen MR) is 77.6 cm³/mol. The first-order chi connectivity index (χ1) is 8.24. The highest BCUT2D eigenvalue weighted by molar-refractivity contribution is 9.10. The van der Waals surface area contributed by atoms with Crippen molar-refractivity contribution >= 4 is 21.8 Å². The lowest BCUT2D eigenvalue weighted by molar-refractivity contribution is -0.171. The summed E-state index contributed by atoms with van der Waals surface area (Å²) in [5.41, 5.74) is 0.907. The molecule has 0 aliphatic carbocycles. The molecule has 1 atom stereocenters. The SMILES string of the molecule is CC(C)(Br)C1N(Cc2ccccc2)C(=O)C1(C)C. The van der Waals surface area contributed by atoms with Crippen molar-refractivity contribution in [2.24, 2.45) is 5.41 Å². The number of halogens is 1. The standard InChI is InChI=1S/C15H20BrNO/c1-14(2)12(15(3,4)16)17(13(14)18)10-11-8-6-5-7-9-11/h5-9,12H,10H2,1-4H3. The maximum atomic E-state index is 12.2. The van der Waals surface area contributed by atoms with Gasteiger partial charge in [0.2, 0.25) is 5.91 Å². The van der Waals surface area contributed by atoms with E-state index >= 15 is 0 Å². The minimum Gasteiger partial charge on any atom is -0.332 e. The fraction of sp³-hybridized carbons (Fsp3) is 0.533. The first-order valence-electron chi connectivity index (χ1n) is 6.28. The molecule has 0 spiro atoms. The fourth-order valence-electron chi connectivity index (χ4n) is 3.10. The topological polar surface area (TPSA) is 20.3 Å². The zero-order valence-electron chi connectivity index (χ0n) is 11.4. The number of hydrogen-bond donors (Lipinski definition) is 0. The average Bonchev–Trinajstić information content (AvgIpc) is 2.27. The molecule has 1 aromatic rings. The molecule has 2 rings (SSSR count). The molecule has 1 aliphatic rings. The largest absolute Gasteiger partial charge is 0.332 e. The van der Waals surface area contributed by atoms with Crippen LogP contribution in [0.15, 0.2) is 30.3 Å². The number of rotatable bonds is 3. The average molecular weight is 310 g/mol. The van der Waals surface area contributed by atoms with Gasteiger partial charge in [0, 0.05) is 10.9 Å². The zero-order valence-corrected chi connectivity index (χ0v) is 13.0. The second-order valence-corrected chi connectivity index (χ2v) is 8.15. The Bertz CT molecular complexity index is 447. The number of carbonyl (C=O) groups excluding carboxylic acids is 1. The minimum atomic E-state index is -0.276. The van der Waals surface area contributed by atoms with E-state index in [0.29, 0.717) is 6.54 Å². The molecule has 1 fully saturated rings. The van der Waals surface area contributed by atoms with E-state index in [1.165, 1.54) is 5.56 Å². The Morgan fingerprint density at radius 3 is 2.33 bits per heavy atom. The van der Waals surface area contributed by atoms with Crippen LogP contribution in [-0.2, 0) is 11.3 Å². The Morgan fingerprint density at radius 1 is 1.28 bits per heavy atom. The molecule has 2 nitrogen and oxygen atoms in total. The van der Waals surface area contributed by atoms with E-state index in [2.05, 4.69) is 41.9 Å². The van der Waals surface area contributed by atoms with Crippen LogP contribution in [0.3, 0.4) is 0 Å². The van der Waals surface area contributed by atoms with Crippen molar-refractivity contribution in [1.82, 2.24) is 4.90 Å². The molecule has 18 heavy (non-hydrogen) atoms. The molecule has 3 heteroatoms. The molecule has 1 aliphatic heterocycles. The predicted octanol–water partition coefficient (Wildman–Crippen LogP) is 3.60. The minimum absolute atomic E-state index is 0.0702. The quantitative estimate of drug-likeness (QED) is 0.617. The number of likely N-dealkylation sites (tertiary alicyclic amines) is 1. The van der Waals surface area contributed by atoms with Gasteiger partial charge in [-0.25, -0.2) is 0 Å². The van der Waals surface area contributed by atoms with Crippen molar-refractivity contribution in [3.8, 4) is 0 Å². The van der Waals surface area contributed by atoms with Crippen LogP contribution in [0.5, 0.6) is 0 Å². The summed E-state index contributed by atoms with van der Waals surface area (Å²) in [5.74, 6) is 0.240. The van der Waals surface area contributed by atoms with Crippen molar-refractivity contribution in [2.75, 3.05) is 0 Å². The third-order valence-electron chi connectivity index (χ3n) is 3.65. The van der Waals surface area contributed by atoms with E-state index in [0.717, 1.165) is 0 Å². The monoisotopic (exact) mass is 309 g/mol. The first-order valence-corrected chi connectivity index (χ1v) is 7.08. The number of benzene rings is 1. The van der Waals surface area contributed by atoms with Crippen LogP contribution < -0.4 is 0 Å². The smallest absolute Gasteiger partial charge is 0.230 e. The van der Waals surface area contributed by atoms with E-state index in [1.54, 1.807) is 0 Å². The molecule has 0 bridgehead atoms. The van der Waals surface area contributed by atoms with Crippen molar-refractivity contribution in [1.29, 1.82) is 0 Å². The molecule has 98 valence electrons. The van der Waals surface area contributed by atoms with Crippen molar-refractivity contribution in [3.05, 3.63) is 35.9 Å². The number of carbonyl (C=O) groups is 1. The number of hydrogen-bond acceptors (Lipinski definition) is 1. The third kappa shape index (κ3) is 2.20. The fourth-order valence-corrected chi connectivity index (χ4v) is 3.92. The van der Waals surface area contributed by atoms with Crippen LogP contribution in [0.2, 0.25) is 0 Å². The first kappa shape index (κ1) is 13.6. The molecular formula is C15H20BrNO. The highest BCUT2D eigenvalue weighted by atomic mass is 79.9. The molecule has 0 N–H and O–H groups in total. The van der Waals surface area contributed by atoms with E-state index in [9.17, 15) is 4.79 Å². The summed E-state index contributed by atoms with van der Waals surface area (Å²) in [7, 11) is 0. The van der Waals surface area contributed by atoms with Crippen molar-refractivity contribution < 1.29 is 4.79 Å². The van der Waals surface area contributed by atoms with Crippen LogP contribution >= 0.6 is 15.9 Å². The summed E-state index contributed by atoms with van der Waals surface area (Å²) in [5, 5.41) is 0. The van der Waals surface area contributed by atoms with Crippen LogP contribution in [-0.4, -0.2) is 21.2 Å². The molecule has 0 radical (unpaired) electrons. The Labute approximate surface area is 117 Å². The summed E-state index contributed by atoms with van der Waals surface area (Å²) in [6.07, 6.45) is 0. The molecule has 1 heterocycles. The number of alkyl halides is 1. The summed E-state index contributed by atoms with van der Waals surface area (Å²) in [6.45, 7) is 9.02. The maximum Gasteiger partial charge on any atom is 0.230 e. The Hall–Kier alpha value is -0.830. The number of amides is 1. The van der Waals surface area contributed by atoms with Gasteiger partial charge in [0.15, 0.2) is 0 Å². The summed E-state index contributed by atoms with van der Waals surface area (Å²) < 4.78 is -0.0702. The van der Waals surface area contributed by atoms with Gasteiger partial charge in [0.1, 0.15) is 0 Å².